The SMILES string of the molecule is Cc1cc(CNC(=O)Cn2nnn(C3CC3)c2=O)ccc1Cl. The Kier molecular flexibility index (Phi) is 3.98. The largest absolute Gasteiger partial charge is 0.364 e. The van der Waals surface area contributed by atoms with Crippen molar-refractivity contribution < 1.29 is 4.79 Å². The van der Waals surface area contributed by atoms with Crippen LogP contribution < -0.4 is 11.0 Å². The molecule has 0 saturated heterocycles. The number of hydrogen-bond donors (Lipinski definition) is 1. The highest BCUT2D eigenvalue weighted by molar-refractivity contribution is 6.31. The second kappa shape index (κ2) is 5.92. The molecular weight excluding hydrogens is 306 g/mol. The van der Waals surface area contributed by atoms with Gasteiger partial charge in [-0.1, -0.05) is 23.7 Å². The third-order valence-corrected chi connectivity index (χ3v) is 3.98. The first-order valence-electron chi connectivity index (χ1n) is 7.08. The van der Waals surface area contributed by atoms with Gasteiger partial charge in [-0.2, -0.15) is 9.36 Å². The number of amides is 1. The van der Waals surface area contributed by atoms with E-state index >= 15 is 0 Å². The second-order valence-electron chi connectivity index (χ2n) is 5.46. The lowest BCUT2D eigenvalue weighted by molar-refractivity contribution is -0.122. The molecule has 0 atom stereocenters. The minimum atomic E-state index is -0.333. The molecule has 3 rings (SSSR count). The minimum Gasteiger partial charge on any atom is -0.350 e. The Labute approximate surface area is 131 Å². The molecule has 8 heteroatoms. The molecule has 1 aliphatic carbocycles. The number of benzene rings is 1. The Morgan fingerprint density at radius 1 is 1.41 bits per heavy atom. The smallest absolute Gasteiger partial charge is 0.350 e. The number of aromatic nitrogens is 4. The average molecular weight is 322 g/mol. The third kappa shape index (κ3) is 3.19. The Morgan fingerprint density at radius 2 is 2.18 bits per heavy atom. The van der Waals surface area contributed by atoms with Crippen LogP contribution in [0, 0.1) is 6.92 Å². The van der Waals surface area contributed by atoms with Crippen LogP contribution in [0.4, 0.5) is 0 Å². The van der Waals surface area contributed by atoms with Crippen LogP contribution in [0.3, 0.4) is 0 Å². The van der Waals surface area contributed by atoms with E-state index in [1.165, 1.54) is 4.68 Å². The molecule has 0 spiro atoms. The molecule has 0 aliphatic heterocycles. The molecule has 0 unspecified atom stereocenters. The van der Waals surface area contributed by atoms with Gasteiger partial charge in [0.2, 0.25) is 5.91 Å². The molecule has 2 aromatic rings. The third-order valence-electron chi connectivity index (χ3n) is 3.56. The van der Waals surface area contributed by atoms with E-state index in [-0.39, 0.29) is 24.2 Å². The Morgan fingerprint density at radius 3 is 2.86 bits per heavy atom. The van der Waals surface area contributed by atoms with Crippen molar-refractivity contribution in [3.05, 3.63) is 44.8 Å². The maximum Gasteiger partial charge on any atom is 0.364 e. The highest BCUT2D eigenvalue weighted by Gasteiger charge is 2.28. The number of carbonyl (C=O) groups is 1. The van der Waals surface area contributed by atoms with Crippen LogP contribution >= 0.6 is 11.6 Å². The first-order valence-corrected chi connectivity index (χ1v) is 7.46. The predicted molar refractivity (Wildman–Crippen MR) is 80.6 cm³/mol. The highest BCUT2D eigenvalue weighted by Crippen LogP contribution is 2.32. The maximum absolute atomic E-state index is 11.9. The Hall–Kier alpha value is -2.15. The van der Waals surface area contributed by atoms with Crippen molar-refractivity contribution in [1.82, 2.24) is 25.1 Å². The number of nitrogens with one attached hydrogen (secondary N) is 1. The van der Waals surface area contributed by atoms with Gasteiger partial charge >= 0.3 is 5.69 Å². The topological polar surface area (TPSA) is 81.8 Å². The molecule has 22 heavy (non-hydrogen) atoms. The average Bonchev–Trinajstić information content (AvgIpc) is 3.27. The summed E-state index contributed by atoms with van der Waals surface area (Å²) in [4.78, 5) is 23.9. The number of nitrogens with zero attached hydrogens (tertiary/aromatic N) is 4. The summed E-state index contributed by atoms with van der Waals surface area (Å²) in [6, 6.07) is 5.72. The van der Waals surface area contributed by atoms with Gasteiger partial charge in [-0.05, 0) is 47.4 Å². The molecule has 1 amide bonds. The molecule has 1 fully saturated rings. The van der Waals surface area contributed by atoms with Crippen molar-refractivity contribution in [2.24, 2.45) is 0 Å². The van der Waals surface area contributed by atoms with E-state index in [9.17, 15) is 9.59 Å². The van der Waals surface area contributed by atoms with Crippen molar-refractivity contribution in [2.75, 3.05) is 0 Å². The summed E-state index contributed by atoms with van der Waals surface area (Å²) >= 11 is 5.96. The van der Waals surface area contributed by atoms with Crippen molar-refractivity contribution >= 4 is 17.5 Å². The molecule has 1 aliphatic rings. The highest BCUT2D eigenvalue weighted by atomic mass is 35.5. The van der Waals surface area contributed by atoms with Crippen LogP contribution in [0.2, 0.25) is 5.02 Å². The fourth-order valence-electron chi connectivity index (χ4n) is 2.14. The molecular formula is C14H16ClN5O2. The fourth-order valence-corrected chi connectivity index (χ4v) is 2.26. The van der Waals surface area contributed by atoms with Gasteiger partial charge in [0.15, 0.2) is 0 Å². The van der Waals surface area contributed by atoms with Gasteiger partial charge in [0, 0.05) is 11.6 Å². The zero-order chi connectivity index (χ0) is 15.7. The first kappa shape index (κ1) is 14.8. The van der Waals surface area contributed by atoms with E-state index < -0.39 is 0 Å². The molecule has 7 nitrogen and oxygen atoms in total. The quantitative estimate of drug-likeness (QED) is 0.892. The predicted octanol–water partition coefficient (Wildman–Crippen LogP) is 1.05. The van der Waals surface area contributed by atoms with Crippen LogP contribution in [0.1, 0.15) is 30.0 Å². The second-order valence-corrected chi connectivity index (χ2v) is 5.86. The van der Waals surface area contributed by atoms with Crippen LogP contribution in [0.5, 0.6) is 0 Å². The lowest BCUT2D eigenvalue weighted by atomic mass is 10.1. The molecule has 116 valence electrons. The van der Waals surface area contributed by atoms with E-state index in [1.54, 1.807) is 6.07 Å². The van der Waals surface area contributed by atoms with Crippen LogP contribution in [0.15, 0.2) is 23.0 Å². The number of rotatable bonds is 5. The number of hydrogen-bond acceptors (Lipinski definition) is 4. The van der Waals surface area contributed by atoms with E-state index in [2.05, 4.69) is 15.7 Å². The van der Waals surface area contributed by atoms with E-state index in [1.807, 2.05) is 19.1 Å². The number of halogens is 1. The summed E-state index contributed by atoms with van der Waals surface area (Å²) < 4.78 is 2.43. The van der Waals surface area contributed by atoms with Gasteiger partial charge in [-0.25, -0.2) is 4.79 Å². The lowest BCUT2D eigenvalue weighted by Gasteiger charge is -2.06. The minimum absolute atomic E-state index is 0.127. The van der Waals surface area contributed by atoms with Crippen molar-refractivity contribution in [2.45, 2.75) is 38.9 Å². The zero-order valence-corrected chi connectivity index (χ0v) is 12.9. The Bertz CT molecular complexity index is 763. The number of aryl methyl sites for hydroxylation is 1. The lowest BCUT2D eigenvalue weighted by Crippen LogP contribution is -2.33. The summed E-state index contributed by atoms with van der Waals surface area (Å²) in [6.45, 7) is 2.16. The summed E-state index contributed by atoms with van der Waals surface area (Å²) in [5, 5.41) is 11.0. The van der Waals surface area contributed by atoms with Gasteiger partial charge in [0.05, 0.1) is 6.04 Å². The van der Waals surface area contributed by atoms with Gasteiger partial charge in [0.1, 0.15) is 6.54 Å². The standard InChI is InChI=1S/C14H16ClN5O2/c1-9-6-10(2-5-12(9)15)7-16-13(21)8-19-14(22)20(18-17-19)11-3-4-11/h2,5-6,11H,3-4,7-8H2,1H3,(H,16,21). The van der Waals surface area contributed by atoms with E-state index in [0.29, 0.717) is 11.6 Å². The normalized spacial score (nSPS) is 14.1. The molecule has 1 N–H and O–H groups in total. The van der Waals surface area contributed by atoms with Crippen LogP contribution in [-0.2, 0) is 17.9 Å². The first-order chi connectivity index (χ1) is 10.5. The van der Waals surface area contributed by atoms with Gasteiger partial charge < -0.3 is 5.32 Å². The van der Waals surface area contributed by atoms with Crippen molar-refractivity contribution in [3.8, 4) is 0 Å². The zero-order valence-electron chi connectivity index (χ0n) is 12.1. The van der Waals surface area contributed by atoms with Crippen molar-refractivity contribution in [1.29, 1.82) is 0 Å². The molecule has 0 radical (unpaired) electrons. The number of tetrazole rings is 1. The van der Waals surface area contributed by atoms with E-state index in [0.717, 1.165) is 28.7 Å². The summed E-state index contributed by atoms with van der Waals surface area (Å²) in [5.74, 6) is -0.280. The molecule has 1 saturated carbocycles. The van der Waals surface area contributed by atoms with Gasteiger partial charge in [0.25, 0.3) is 0 Å². The Balaban J connectivity index is 1.58. The summed E-state index contributed by atoms with van der Waals surface area (Å²) in [7, 11) is 0. The monoisotopic (exact) mass is 321 g/mol. The van der Waals surface area contributed by atoms with Crippen LogP contribution in [-0.4, -0.2) is 25.7 Å². The molecule has 1 heterocycles. The molecule has 0 bridgehead atoms. The van der Waals surface area contributed by atoms with E-state index in [4.69, 9.17) is 11.6 Å². The summed E-state index contributed by atoms with van der Waals surface area (Å²) in [6.07, 6.45) is 1.89. The van der Waals surface area contributed by atoms with Gasteiger partial charge in [-0.3, -0.25) is 4.79 Å². The van der Waals surface area contributed by atoms with Crippen molar-refractivity contribution in [3.63, 3.8) is 0 Å². The fraction of sp³-hybridized carbons (Fsp3) is 0.429. The van der Waals surface area contributed by atoms with Gasteiger partial charge in [-0.15, -0.1) is 0 Å². The molecule has 1 aromatic carbocycles. The maximum atomic E-state index is 11.9. The summed E-state index contributed by atoms with van der Waals surface area (Å²) in [5.41, 5.74) is 1.57. The van der Waals surface area contributed by atoms with Crippen LogP contribution in [0.25, 0.3) is 0 Å². The molecule has 1 aromatic heterocycles. The number of carbonyl (C=O) groups excluding carboxylic acids is 1.